The molecular weight excluding hydrogens is 344 g/mol. The molecule has 0 aliphatic heterocycles. The zero-order chi connectivity index (χ0) is 17.5. The number of nitrogens with one attached hydrogen (secondary N) is 3. The highest BCUT2D eigenvalue weighted by Crippen LogP contribution is 2.34. The highest BCUT2D eigenvalue weighted by Gasteiger charge is 2.16. The molecule has 2 aromatic heterocycles. The standard InChI is InChI=1S/C21H21ClN4/c22-17-11-15(12-19-16(17)8-9-23-19)24-21-25-18-7-6-14(10-20(18)26-21)13-4-2-1-3-5-13/h6-13,23H,1-5H2,(H2,24,25,26). The van der Waals surface area contributed by atoms with Gasteiger partial charge in [0.15, 0.2) is 0 Å². The van der Waals surface area contributed by atoms with Gasteiger partial charge >= 0.3 is 0 Å². The number of aromatic amines is 2. The summed E-state index contributed by atoms with van der Waals surface area (Å²) in [6.45, 7) is 0. The molecule has 132 valence electrons. The van der Waals surface area contributed by atoms with Crippen LogP contribution in [0.1, 0.15) is 43.6 Å². The number of rotatable bonds is 3. The third-order valence-electron chi connectivity index (χ3n) is 5.46. The summed E-state index contributed by atoms with van der Waals surface area (Å²) in [5.41, 5.74) is 5.43. The van der Waals surface area contributed by atoms with Gasteiger partial charge in [0.05, 0.1) is 16.1 Å². The molecule has 1 saturated carbocycles. The first-order valence-electron chi connectivity index (χ1n) is 9.29. The molecule has 0 atom stereocenters. The number of anilines is 2. The van der Waals surface area contributed by atoms with Gasteiger partial charge in [0.2, 0.25) is 5.95 Å². The molecule has 5 heteroatoms. The van der Waals surface area contributed by atoms with Crippen LogP contribution in [0.4, 0.5) is 11.6 Å². The quantitative estimate of drug-likeness (QED) is 0.389. The van der Waals surface area contributed by atoms with Crippen molar-refractivity contribution in [1.29, 1.82) is 0 Å². The van der Waals surface area contributed by atoms with E-state index in [1.807, 2.05) is 24.4 Å². The number of fused-ring (bicyclic) bond motifs is 2. The number of halogens is 1. The van der Waals surface area contributed by atoms with Crippen molar-refractivity contribution < 1.29 is 0 Å². The molecule has 2 aromatic carbocycles. The van der Waals surface area contributed by atoms with E-state index < -0.39 is 0 Å². The van der Waals surface area contributed by atoms with E-state index in [4.69, 9.17) is 11.6 Å². The third kappa shape index (κ3) is 2.84. The Morgan fingerprint density at radius 2 is 1.88 bits per heavy atom. The first-order valence-corrected chi connectivity index (χ1v) is 9.67. The van der Waals surface area contributed by atoms with Crippen molar-refractivity contribution in [3.05, 3.63) is 53.2 Å². The van der Waals surface area contributed by atoms with Gasteiger partial charge < -0.3 is 15.3 Å². The maximum absolute atomic E-state index is 6.36. The maximum atomic E-state index is 6.36. The molecule has 26 heavy (non-hydrogen) atoms. The van der Waals surface area contributed by atoms with Gasteiger partial charge in [-0.05, 0) is 54.7 Å². The molecule has 0 bridgehead atoms. The largest absolute Gasteiger partial charge is 0.361 e. The van der Waals surface area contributed by atoms with Crippen LogP contribution in [0.3, 0.4) is 0 Å². The van der Waals surface area contributed by atoms with Crippen LogP contribution in [0.25, 0.3) is 21.9 Å². The lowest BCUT2D eigenvalue weighted by molar-refractivity contribution is 0.444. The van der Waals surface area contributed by atoms with Gasteiger partial charge in [-0.3, -0.25) is 0 Å². The van der Waals surface area contributed by atoms with Crippen molar-refractivity contribution in [2.75, 3.05) is 5.32 Å². The Labute approximate surface area is 157 Å². The highest BCUT2D eigenvalue weighted by molar-refractivity contribution is 6.35. The van der Waals surface area contributed by atoms with Crippen LogP contribution < -0.4 is 5.32 Å². The summed E-state index contributed by atoms with van der Waals surface area (Å²) in [6, 6.07) is 12.6. The fraction of sp³-hybridized carbons (Fsp3) is 0.286. The molecule has 1 aliphatic carbocycles. The Bertz CT molecular complexity index is 1070. The summed E-state index contributed by atoms with van der Waals surface area (Å²) in [5.74, 6) is 1.43. The molecule has 0 saturated heterocycles. The minimum absolute atomic E-state index is 0.696. The van der Waals surface area contributed by atoms with Crippen LogP contribution in [0, 0.1) is 0 Å². The summed E-state index contributed by atoms with van der Waals surface area (Å²) in [4.78, 5) is 11.3. The Morgan fingerprint density at radius 3 is 2.77 bits per heavy atom. The van der Waals surface area contributed by atoms with Crippen LogP contribution in [0.2, 0.25) is 5.02 Å². The number of nitrogens with zero attached hydrogens (tertiary/aromatic N) is 1. The predicted molar refractivity (Wildman–Crippen MR) is 109 cm³/mol. The van der Waals surface area contributed by atoms with Crippen molar-refractivity contribution >= 4 is 45.2 Å². The van der Waals surface area contributed by atoms with Gasteiger partial charge in [0.25, 0.3) is 0 Å². The summed E-state index contributed by atoms with van der Waals surface area (Å²) >= 11 is 6.36. The van der Waals surface area contributed by atoms with Gasteiger partial charge in [0, 0.05) is 22.8 Å². The molecule has 1 aliphatic rings. The molecule has 0 amide bonds. The zero-order valence-electron chi connectivity index (χ0n) is 14.5. The normalized spacial score (nSPS) is 15.7. The predicted octanol–water partition coefficient (Wildman–Crippen LogP) is 6.49. The topological polar surface area (TPSA) is 56.5 Å². The summed E-state index contributed by atoms with van der Waals surface area (Å²) in [6.07, 6.45) is 8.58. The van der Waals surface area contributed by atoms with E-state index >= 15 is 0 Å². The van der Waals surface area contributed by atoms with Gasteiger partial charge in [-0.1, -0.05) is 36.9 Å². The number of hydrogen-bond acceptors (Lipinski definition) is 2. The number of aromatic nitrogens is 3. The van der Waals surface area contributed by atoms with Crippen molar-refractivity contribution in [2.24, 2.45) is 0 Å². The highest BCUT2D eigenvalue weighted by atomic mass is 35.5. The van der Waals surface area contributed by atoms with Gasteiger partial charge in [-0.2, -0.15) is 0 Å². The van der Waals surface area contributed by atoms with Crippen molar-refractivity contribution in [2.45, 2.75) is 38.0 Å². The average molecular weight is 365 g/mol. The average Bonchev–Trinajstić information content (AvgIpc) is 3.28. The second kappa shape index (κ2) is 6.36. The van der Waals surface area contributed by atoms with Gasteiger partial charge in [0.1, 0.15) is 0 Å². The number of imidazole rings is 1. The first-order chi connectivity index (χ1) is 12.8. The van der Waals surface area contributed by atoms with E-state index in [0.29, 0.717) is 5.92 Å². The van der Waals surface area contributed by atoms with Gasteiger partial charge in [-0.15, -0.1) is 0 Å². The fourth-order valence-electron chi connectivity index (χ4n) is 4.11. The van der Waals surface area contributed by atoms with E-state index in [1.165, 1.54) is 37.7 Å². The second-order valence-corrected chi connectivity index (χ2v) is 7.63. The van der Waals surface area contributed by atoms with Crippen molar-refractivity contribution in [3.63, 3.8) is 0 Å². The number of H-pyrrole nitrogens is 2. The van der Waals surface area contributed by atoms with Crippen molar-refractivity contribution in [1.82, 2.24) is 15.0 Å². The van der Waals surface area contributed by atoms with Crippen LogP contribution in [0.5, 0.6) is 0 Å². The summed E-state index contributed by atoms with van der Waals surface area (Å²) in [7, 11) is 0. The molecule has 4 nitrogen and oxygen atoms in total. The number of benzene rings is 2. The van der Waals surface area contributed by atoms with E-state index in [2.05, 4.69) is 38.5 Å². The van der Waals surface area contributed by atoms with Crippen LogP contribution in [0.15, 0.2) is 42.6 Å². The Balaban J connectivity index is 1.45. The lowest BCUT2D eigenvalue weighted by Crippen LogP contribution is -2.04. The lowest BCUT2D eigenvalue weighted by atomic mass is 9.84. The van der Waals surface area contributed by atoms with Gasteiger partial charge in [-0.25, -0.2) is 4.98 Å². The fourth-order valence-corrected chi connectivity index (χ4v) is 4.39. The molecule has 4 aromatic rings. The third-order valence-corrected chi connectivity index (χ3v) is 5.78. The molecule has 0 spiro atoms. The van der Waals surface area contributed by atoms with E-state index in [9.17, 15) is 0 Å². The molecule has 2 heterocycles. The first kappa shape index (κ1) is 15.8. The lowest BCUT2D eigenvalue weighted by Gasteiger charge is -2.21. The molecular formula is C21H21ClN4. The Morgan fingerprint density at radius 1 is 1.00 bits per heavy atom. The number of hydrogen-bond donors (Lipinski definition) is 3. The zero-order valence-corrected chi connectivity index (χ0v) is 15.2. The summed E-state index contributed by atoms with van der Waals surface area (Å²) in [5, 5.41) is 5.09. The van der Waals surface area contributed by atoms with Crippen LogP contribution >= 0.6 is 11.6 Å². The molecule has 0 radical (unpaired) electrons. The second-order valence-electron chi connectivity index (χ2n) is 7.22. The van der Waals surface area contributed by atoms with E-state index in [-0.39, 0.29) is 0 Å². The SMILES string of the molecule is Clc1cc(Nc2nc3ccc(C4CCCCC4)cc3[nH]2)cc2[nH]ccc12. The minimum atomic E-state index is 0.696. The van der Waals surface area contributed by atoms with Crippen LogP contribution in [-0.4, -0.2) is 15.0 Å². The molecule has 5 rings (SSSR count). The van der Waals surface area contributed by atoms with Crippen molar-refractivity contribution in [3.8, 4) is 0 Å². The summed E-state index contributed by atoms with van der Waals surface area (Å²) < 4.78 is 0. The molecule has 1 fully saturated rings. The van der Waals surface area contributed by atoms with Crippen LogP contribution in [-0.2, 0) is 0 Å². The Hall–Kier alpha value is -2.46. The smallest absolute Gasteiger partial charge is 0.205 e. The Kier molecular flexibility index (Phi) is 3.86. The minimum Gasteiger partial charge on any atom is -0.361 e. The maximum Gasteiger partial charge on any atom is 0.205 e. The molecule has 3 N–H and O–H groups in total. The molecule has 0 unspecified atom stereocenters. The van der Waals surface area contributed by atoms with E-state index in [1.54, 1.807) is 0 Å². The van der Waals surface area contributed by atoms with E-state index in [0.717, 1.165) is 38.6 Å². The monoisotopic (exact) mass is 364 g/mol.